The lowest BCUT2D eigenvalue weighted by Gasteiger charge is -2.09. The second-order valence-corrected chi connectivity index (χ2v) is 3.66. The molecule has 0 spiro atoms. The summed E-state index contributed by atoms with van der Waals surface area (Å²) < 4.78 is 5.60. The van der Waals surface area contributed by atoms with Crippen LogP contribution in [0.4, 0.5) is 5.69 Å². The Balaban J connectivity index is 3.24. The lowest BCUT2D eigenvalue weighted by atomic mass is 10.1. The Kier molecular flexibility index (Phi) is 3.77. The smallest absolute Gasteiger partial charge is 0.179 e. The third-order valence-corrected chi connectivity index (χ3v) is 2.85. The summed E-state index contributed by atoms with van der Waals surface area (Å²) >= 11 is 8.68. The Hall–Kier alpha value is -0.740. The molecule has 0 saturated heterocycles. The summed E-state index contributed by atoms with van der Waals surface area (Å²) in [6.45, 7) is 0. The number of halogens is 2. The van der Waals surface area contributed by atoms with E-state index in [1.807, 2.05) is 0 Å². The summed E-state index contributed by atoms with van der Waals surface area (Å²) in [4.78, 5) is 11.3. The molecule has 0 aliphatic rings. The number of methoxy groups -OCH3 is 1. The lowest BCUT2D eigenvalue weighted by Crippen LogP contribution is -2.06. The van der Waals surface area contributed by atoms with Crippen LogP contribution in [0.1, 0.15) is 10.4 Å². The zero-order chi connectivity index (χ0) is 10.7. The molecule has 0 radical (unpaired) electrons. The van der Waals surface area contributed by atoms with Crippen molar-refractivity contribution in [2.45, 2.75) is 0 Å². The zero-order valence-corrected chi connectivity index (χ0v) is 9.85. The molecule has 0 aromatic heterocycles. The number of hydrogen-bond donors (Lipinski definition) is 1. The van der Waals surface area contributed by atoms with Gasteiger partial charge >= 0.3 is 0 Å². The van der Waals surface area contributed by atoms with Crippen LogP contribution in [-0.4, -0.2) is 18.8 Å². The molecule has 5 heteroatoms. The van der Waals surface area contributed by atoms with Crippen molar-refractivity contribution in [3.05, 3.63) is 22.2 Å². The molecule has 1 rings (SSSR count). The number of alkyl halides is 1. The van der Waals surface area contributed by atoms with E-state index < -0.39 is 0 Å². The highest BCUT2D eigenvalue weighted by atomic mass is 79.9. The summed E-state index contributed by atoms with van der Waals surface area (Å²) in [7, 11) is 1.53. The number of carbonyl (C=O) groups is 1. The predicted molar refractivity (Wildman–Crippen MR) is 60.2 cm³/mol. The van der Waals surface area contributed by atoms with E-state index >= 15 is 0 Å². The molecule has 0 atom stereocenters. The second-order valence-electron chi connectivity index (χ2n) is 2.60. The Bertz CT molecular complexity index is 368. The maximum absolute atomic E-state index is 11.3. The van der Waals surface area contributed by atoms with E-state index in [-0.39, 0.29) is 11.7 Å². The number of Topliss-reactive ketones (excluding diaryl/α,β-unsaturated/α-hetero) is 1. The van der Waals surface area contributed by atoms with Crippen LogP contribution < -0.4 is 10.5 Å². The summed E-state index contributed by atoms with van der Waals surface area (Å²) in [6.07, 6.45) is 0. The zero-order valence-electron chi connectivity index (χ0n) is 7.51. The summed E-state index contributed by atoms with van der Waals surface area (Å²) in [5.74, 6) is 0.310. The standard InChI is InChI=1S/C9H9BrClNO2/c1-14-7-3-2-5(6(13)4-11)9(12)8(7)10/h2-3H,4,12H2,1H3. The number of nitrogen functional groups attached to an aromatic ring is 1. The Morgan fingerprint density at radius 1 is 1.64 bits per heavy atom. The summed E-state index contributed by atoms with van der Waals surface area (Å²) in [5, 5.41) is 0. The average Bonchev–Trinajstić information content (AvgIpc) is 2.21. The van der Waals surface area contributed by atoms with Crippen LogP contribution in [0.3, 0.4) is 0 Å². The molecule has 0 unspecified atom stereocenters. The third kappa shape index (κ3) is 2.01. The number of anilines is 1. The number of ether oxygens (including phenoxy) is 1. The van der Waals surface area contributed by atoms with E-state index in [0.29, 0.717) is 21.5 Å². The van der Waals surface area contributed by atoms with Crippen LogP contribution in [0.15, 0.2) is 16.6 Å². The van der Waals surface area contributed by atoms with Gasteiger partial charge < -0.3 is 10.5 Å². The first-order valence-corrected chi connectivity index (χ1v) is 5.15. The number of hydrogen-bond acceptors (Lipinski definition) is 3. The third-order valence-electron chi connectivity index (χ3n) is 1.79. The molecule has 0 saturated carbocycles. The van der Waals surface area contributed by atoms with E-state index in [9.17, 15) is 4.79 Å². The molecular weight excluding hydrogens is 269 g/mol. The lowest BCUT2D eigenvalue weighted by molar-refractivity contribution is 0.102. The van der Waals surface area contributed by atoms with Crippen LogP contribution in [0.25, 0.3) is 0 Å². The van der Waals surface area contributed by atoms with Crippen LogP contribution in [0.5, 0.6) is 5.75 Å². The molecule has 14 heavy (non-hydrogen) atoms. The largest absolute Gasteiger partial charge is 0.495 e. The van der Waals surface area contributed by atoms with Crippen molar-refractivity contribution in [3.8, 4) is 5.75 Å². The average molecular weight is 279 g/mol. The number of benzene rings is 1. The fourth-order valence-corrected chi connectivity index (χ4v) is 1.70. The molecule has 0 heterocycles. The van der Waals surface area contributed by atoms with Gasteiger partial charge in [0.05, 0.1) is 23.1 Å². The minimum Gasteiger partial charge on any atom is -0.495 e. The molecule has 1 aromatic rings. The molecule has 0 amide bonds. The number of carbonyl (C=O) groups excluding carboxylic acids is 1. The first-order valence-electron chi connectivity index (χ1n) is 3.83. The molecule has 3 nitrogen and oxygen atoms in total. The summed E-state index contributed by atoms with van der Waals surface area (Å²) in [6, 6.07) is 3.27. The molecule has 0 aliphatic heterocycles. The van der Waals surface area contributed by atoms with Gasteiger partial charge in [0.25, 0.3) is 0 Å². The number of nitrogens with two attached hydrogens (primary N) is 1. The van der Waals surface area contributed by atoms with Gasteiger partial charge in [-0.05, 0) is 28.1 Å². The minimum atomic E-state index is -0.201. The Morgan fingerprint density at radius 2 is 2.29 bits per heavy atom. The maximum Gasteiger partial charge on any atom is 0.179 e. The van der Waals surface area contributed by atoms with Crippen LogP contribution in [0.2, 0.25) is 0 Å². The van der Waals surface area contributed by atoms with E-state index in [1.54, 1.807) is 12.1 Å². The minimum absolute atomic E-state index is 0.0804. The normalized spacial score (nSPS) is 9.93. The molecule has 0 aliphatic carbocycles. The first-order chi connectivity index (χ1) is 6.61. The first kappa shape index (κ1) is 11.3. The van der Waals surface area contributed by atoms with Crippen LogP contribution in [-0.2, 0) is 0 Å². The summed E-state index contributed by atoms with van der Waals surface area (Å²) in [5.41, 5.74) is 6.50. The van der Waals surface area contributed by atoms with Gasteiger partial charge in [0.15, 0.2) is 5.78 Å². The van der Waals surface area contributed by atoms with E-state index in [4.69, 9.17) is 22.1 Å². The van der Waals surface area contributed by atoms with Crippen molar-refractivity contribution in [1.29, 1.82) is 0 Å². The number of rotatable bonds is 3. The molecular formula is C9H9BrClNO2. The van der Waals surface area contributed by atoms with Crippen LogP contribution >= 0.6 is 27.5 Å². The Morgan fingerprint density at radius 3 is 2.79 bits per heavy atom. The highest BCUT2D eigenvalue weighted by Gasteiger charge is 2.13. The Labute approximate surface area is 95.3 Å². The highest BCUT2D eigenvalue weighted by molar-refractivity contribution is 9.10. The van der Waals surface area contributed by atoms with Gasteiger partial charge in [0.1, 0.15) is 5.75 Å². The van der Waals surface area contributed by atoms with Gasteiger partial charge in [-0.25, -0.2) is 0 Å². The van der Waals surface area contributed by atoms with Crippen LogP contribution in [0, 0.1) is 0 Å². The van der Waals surface area contributed by atoms with Crippen molar-refractivity contribution in [2.75, 3.05) is 18.7 Å². The second kappa shape index (κ2) is 4.66. The van der Waals surface area contributed by atoms with Crippen molar-refractivity contribution in [1.82, 2.24) is 0 Å². The van der Waals surface area contributed by atoms with E-state index in [2.05, 4.69) is 15.9 Å². The molecule has 76 valence electrons. The maximum atomic E-state index is 11.3. The van der Waals surface area contributed by atoms with Gasteiger partial charge in [-0.3, -0.25) is 4.79 Å². The van der Waals surface area contributed by atoms with E-state index in [0.717, 1.165) is 0 Å². The van der Waals surface area contributed by atoms with Gasteiger partial charge in [-0.15, -0.1) is 11.6 Å². The van der Waals surface area contributed by atoms with Crippen molar-refractivity contribution < 1.29 is 9.53 Å². The monoisotopic (exact) mass is 277 g/mol. The van der Waals surface area contributed by atoms with Gasteiger partial charge in [0, 0.05) is 5.56 Å². The van der Waals surface area contributed by atoms with Crippen molar-refractivity contribution in [3.63, 3.8) is 0 Å². The topological polar surface area (TPSA) is 52.3 Å². The quantitative estimate of drug-likeness (QED) is 0.525. The molecule has 0 fully saturated rings. The van der Waals surface area contributed by atoms with E-state index in [1.165, 1.54) is 7.11 Å². The molecule has 0 bridgehead atoms. The van der Waals surface area contributed by atoms with Gasteiger partial charge in [0.2, 0.25) is 0 Å². The van der Waals surface area contributed by atoms with Crippen molar-refractivity contribution >= 4 is 39.0 Å². The predicted octanol–water partition coefficient (Wildman–Crippen LogP) is 2.46. The van der Waals surface area contributed by atoms with Gasteiger partial charge in [-0.1, -0.05) is 0 Å². The fourth-order valence-electron chi connectivity index (χ4n) is 1.05. The number of ketones is 1. The highest BCUT2D eigenvalue weighted by Crippen LogP contribution is 2.33. The molecule has 2 N–H and O–H groups in total. The molecule has 1 aromatic carbocycles. The van der Waals surface area contributed by atoms with Gasteiger partial charge in [-0.2, -0.15) is 0 Å². The fraction of sp³-hybridized carbons (Fsp3) is 0.222. The SMILES string of the molecule is COc1ccc(C(=O)CCl)c(N)c1Br. The van der Waals surface area contributed by atoms with Crippen molar-refractivity contribution in [2.24, 2.45) is 0 Å².